The smallest absolute Gasteiger partial charge is 0.274 e. The molecule has 3 aromatic rings. The molecule has 0 saturated carbocycles. The fourth-order valence-electron chi connectivity index (χ4n) is 2.41. The Morgan fingerprint density at radius 2 is 1.87 bits per heavy atom. The maximum atomic E-state index is 12.4. The van der Waals surface area contributed by atoms with Gasteiger partial charge < -0.3 is 10.1 Å². The van der Waals surface area contributed by atoms with Gasteiger partial charge >= 0.3 is 0 Å². The van der Waals surface area contributed by atoms with E-state index in [1.54, 1.807) is 7.11 Å². The largest absolute Gasteiger partial charge is 0.496 e. The maximum absolute atomic E-state index is 12.4. The number of nitrogens with zero attached hydrogens (tertiary/aromatic N) is 2. The van der Waals surface area contributed by atoms with Crippen LogP contribution in [0.15, 0.2) is 60.8 Å². The number of nitrogens with one attached hydrogen (secondary N) is 2. The lowest BCUT2D eigenvalue weighted by atomic mass is 9.97. The second-order valence-electron chi connectivity index (χ2n) is 4.91. The van der Waals surface area contributed by atoms with Gasteiger partial charge in [-0.15, -0.1) is 0 Å². The molecule has 0 radical (unpaired) electrons. The van der Waals surface area contributed by atoms with Gasteiger partial charge in [0.25, 0.3) is 5.91 Å². The van der Waals surface area contributed by atoms with E-state index in [0.717, 1.165) is 11.1 Å². The molecule has 23 heavy (non-hydrogen) atoms. The quantitative estimate of drug-likeness (QED) is 0.758. The highest BCUT2D eigenvalue weighted by Gasteiger charge is 2.21. The molecular formula is C17H16N4O2. The van der Waals surface area contributed by atoms with E-state index in [2.05, 4.69) is 20.7 Å². The van der Waals surface area contributed by atoms with Gasteiger partial charge in [0.2, 0.25) is 0 Å². The second-order valence-corrected chi connectivity index (χ2v) is 4.91. The number of para-hydroxylation sites is 1. The molecule has 1 amide bonds. The van der Waals surface area contributed by atoms with E-state index in [-0.39, 0.29) is 17.6 Å². The number of aromatic amines is 1. The van der Waals surface area contributed by atoms with Crippen LogP contribution in [0.25, 0.3) is 0 Å². The number of methoxy groups -OCH3 is 1. The van der Waals surface area contributed by atoms with Gasteiger partial charge in [-0.3, -0.25) is 4.79 Å². The summed E-state index contributed by atoms with van der Waals surface area (Å²) in [4.78, 5) is 12.4. The van der Waals surface area contributed by atoms with E-state index in [1.165, 1.54) is 6.20 Å². The zero-order valence-corrected chi connectivity index (χ0v) is 12.6. The molecule has 0 spiro atoms. The summed E-state index contributed by atoms with van der Waals surface area (Å²) < 4.78 is 5.43. The molecule has 6 nitrogen and oxygen atoms in total. The molecular weight excluding hydrogens is 292 g/mol. The Kier molecular flexibility index (Phi) is 4.33. The molecule has 0 saturated heterocycles. The highest BCUT2D eigenvalue weighted by Crippen LogP contribution is 2.30. The third-order valence-electron chi connectivity index (χ3n) is 3.51. The SMILES string of the molecule is COc1ccccc1[C@@H](NC(=O)c1cn[nH]n1)c1ccccc1. The van der Waals surface area contributed by atoms with Crippen molar-refractivity contribution >= 4 is 5.91 Å². The Bertz CT molecular complexity index is 772. The average molecular weight is 308 g/mol. The molecule has 1 heterocycles. The molecule has 1 aromatic heterocycles. The molecule has 0 aliphatic carbocycles. The minimum absolute atomic E-state index is 0.237. The third kappa shape index (κ3) is 3.21. The molecule has 3 rings (SSSR count). The molecule has 0 aliphatic rings. The number of rotatable bonds is 5. The van der Waals surface area contributed by atoms with Crippen molar-refractivity contribution in [3.8, 4) is 5.75 Å². The van der Waals surface area contributed by atoms with Gasteiger partial charge in [0.05, 0.1) is 19.3 Å². The van der Waals surface area contributed by atoms with Crippen molar-refractivity contribution in [2.75, 3.05) is 7.11 Å². The van der Waals surface area contributed by atoms with Gasteiger partial charge in [0, 0.05) is 5.56 Å². The number of benzene rings is 2. The van der Waals surface area contributed by atoms with Gasteiger partial charge in [0.1, 0.15) is 5.75 Å². The molecule has 0 bridgehead atoms. The van der Waals surface area contributed by atoms with Crippen LogP contribution >= 0.6 is 0 Å². The lowest BCUT2D eigenvalue weighted by molar-refractivity contribution is 0.0937. The normalized spacial score (nSPS) is 11.7. The Morgan fingerprint density at radius 1 is 1.13 bits per heavy atom. The average Bonchev–Trinajstić information content (AvgIpc) is 3.15. The zero-order chi connectivity index (χ0) is 16.1. The minimum Gasteiger partial charge on any atom is -0.496 e. The summed E-state index contributed by atoms with van der Waals surface area (Å²) in [6.07, 6.45) is 1.39. The molecule has 1 atom stereocenters. The topological polar surface area (TPSA) is 79.9 Å². The Labute approximate surface area is 133 Å². The van der Waals surface area contributed by atoms with Crippen LogP contribution < -0.4 is 10.1 Å². The summed E-state index contributed by atoms with van der Waals surface area (Å²) in [5.74, 6) is 0.403. The van der Waals surface area contributed by atoms with Gasteiger partial charge in [-0.25, -0.2) is 0 Å². The number of carbonyl (C=O) groups excluding carboxylic acids is 1. The van der Waals surface area contributed by atoms with Crippen molar-refractivity contribution in [3.63, 3.8) is 0 Å². The predicted octanol–water partition coefficient (Wildman–Crippen LogP) is 2.33. The van der Waals surface area contributed by atoms with E-state index in [9.17, 15) is 4.79 Å². The van der Waals surface area contributed by atoms with Crippen molar-refractivity contribution < 1.29 is 9.53 Å². The Hall–Kier alpha value is -3.15. The first-order chi connectivity index (χ1) is 11.3. The van der Waals surface area contributed by atoms with Crippen molar-refractivity contribution in [3.05, 3.63) is 77.6 Å². The maximum Gasteiger partial charge on any atom is 0.274 e. The van der Waals surface area contributed by atoms with E-state index >= 15 is 0 Å². The Balaban J connectivity index is 1.99. The van der Waals surface area contributed by atoms with Crippen LogP contribution in [0.1, 0.15) is 27.7 Å². The van der Waals surface area contributed by atoms with Crippen LogP contribution in [0.5, 0.6) is 5.75 Å². The minimum atomic E-state index is -0.350. The van der Waals surface area contributed by atoms with E-state index in [0.29, 0.717) is 5.75 Å². The number of hydrogen-bond donors (Lipinski definition) is 2. The van der Waals surface area contributed by atoms with E-state index in [1.807, 2.05) is 54.6 Å². The fourth-order valence-corrected chi connectivity index (χ4v) is 2.41. The first-order valence-electron chi connectivity index (χ1n) is 7.14. The molecule has 0 unspecified atom stereocenters. The fraction of sp³-hybridized carbons (Fsp3) is 0.118. The van der Waals surface area contributed by atoms with Crippen molar-refractivity contribution in [2.24, 2.45) is 0 Å². The predicted molar refractivity (Wildman–Crippen MR) is 85.1 cm³/mol. The summed E-state index contributed by atoms with van der Waals surface area (Å²) >= 11 is 0. The van der Waals surface area contributed by atoms with Gasteiger partial charge in [-0.2, -0.15) is 15.4 Å². The molecule has 2 N–H and O–H groups in total. The van der Waals surface area contributed by atoms with Crippen molar-refractivity contribution in [1.29, 1.82) is 0 Å². The molecule has 0 fully saturated rings. The van der Waals surface area contributed by atoms with Crippen LogP contribution in [0, 0.1) is 0 Å². The van der Waals surface area contributed by atoms with Crippen molar-refractivity contribution in [2.45, 2.75) is 6.04 Å². The Morgan fingerprint density at radius 3 is 2.57 bits per heavy atom. The molecule has 116 valence electrons. The van der Waals surface area contributed by atoms with Crippen LogP contribution in [-0.4, -0.2) is 28.4 Å². The number of amides is 1. The van der Waals surface area contributed by atoms with Crippen LogP contribution in [0.2, 0.25) is 0 Å². The zero-order valence-electron chi connectivity index (χ0n) is 12.6. The lowest BCUT2D eigenvalue weighted by Crippen LogP contribution is -2.29. The van der Waals surface area contributed by atoms with Crippen molar-refractivity contribution in [1.82, 2.24) is 20.7 Å². The van der Waals surface area contributed by atoms with E-state index < -0.39 is 0 Å². The highest BCUT2D eigenvalue weighted by atomic mass is 16.5. The van der Waals surface area contributed by atoms with Gasteiger partial charge in [-0.05, 0) is 11.6 Å². The number of carbonyl (C=O) groups is 1. The molecule has 0 aliphatic heterocycles. The number of H-pyrrole nitrogens is 1. The highest BCUT2D eigenvalue weighted by molar-refractivity contribution is 5.92. The van der Waals surface area contributed by atoms with Crippen LogP contribution in [-0.2, 0) is 0 Å². The van der Waals surface area contributed by atoms with E-state index in [4.69, 9.17) is 4.74 Å². The van der Waals surface area contributed by atoms with Gasteiger partial charge in [-0.1, -0.05) is 48.5 Å². The number of hydrogen-bond acceptors (Lipinski definition) is 4. The van der Waals surface area contributed by atoms with Crippen LogP contribution in [0.4, 0.5) is 0 Å². The number of ether oxygens (including phenoxy) is 1. The number of aromatic nitrogens is 3. The molecule has 6 heteroatoms. The summed E-state index contributed by atoms with van der Waals surface area (Å²) in [6, 6.07) is 17.0. The first kappa shape index (κ1) is 14.8. The standard InChI is InChI=1S/C17H16N4O2/c1-23-15-10-6-5-9-13(15)16(12-7-3-2-4-8-12)19-17(22)14-11-18-21-20-14/h2-11,16H,1H3,(H,19,22)(H,18,20,21)/t16-/m0/s1. The summed E-state index contributed by atoms with van der Waals surface area (Å²) in [5.41, 5.74) is 2.06. The third-order valence-corrected chi connectivity index (χ3v) is 3.51. The van der Waals surface area contributed by atoms with Crippen LogP contribution in [0.3, 0.4) is 0 Å². The van der Waals surface area contributed by atoms with Gasteiger partial charge in [0.15, 0.2) is 5.69 Å². The summed E-state index contributed by atoms with van der Waals surface area (Å²) in [6.45, 7) is 0. The summed E-state index contributed by atoms with van der Waals surface area (Å²) in [5, 5.41) is 12.9. The monoisotopic (exact) mass is 308 g/mol. The molecule has 2 aromatic carbocycles. The summed E-state index contributed by atoms with van der Waals surface area (Å²) in [7, 11) is 1.61. The first-order valence-corrected chi connectivity index (χ1v) is 7.14. The lowest BCUT2D eigenvalue weighted by Gasteiger charge is -2.21. The second kappa shape index (κ2) is 6.74.